The van der Waals surface area contributed by atoms with Crippen LogP contribution in [0.25, 0.3) is 81.7 Å². The molecule has 4 heterocycles. The Morgan fingerprint density at radius 3 is 1.92 bits per heavy atom. The number of hydrogen-bond donors (Lipinski definition) is 0. The first-order valence-electron chi connectivity index (χ1n) is 26.4. The Bertz CT molecular complexity index is 4080. The van der Waals surface area contributed by atoms with Gasteiger partial charge in [-0.3, -0.25) is 0 Å². The summed E-state index contributed by atoms with van der Waals surface area (Å²) in [5, 5.41) is 3.69. The molecule has 0 unspecified atom stereocenters. The molecule has 352 valence electrons. The maximum Gasteiger partial charge on any atom is 0.333 e. The van der Waals surface area contributed by atoms with Gasteiger partial charge in [-0.1, -0.05) is 161 Å². The predicted molar refractivity (Wildman–Crippen MR) is 308 cm³/mol. The molecule has 2 aromatic heterocycles. The van der Waals surface area contributed by atoms with E-state index in [0.29, 0.717) is 0 Å². The van der Waals surface area contributed by atoms with Crippen LogP contribution in [-0.4, -0.2) is 16.4 Å². The van der Waals surface area contributed by atoms with Gasteiger partial charge in [0.25, 0.3) is 0 Å². The molecule has 3 nitrogen and oxygen atoms in total. The summed E-state index contributed by atoms with van der Waals surface area (Å²) in [4.78, 5) is 8.19. The SMILES string of the molecule is CC(C)(C)c1ccc(N2B3c4cc5nc(-c6ccccc6)sc5cc4-n4c5cc6c(cc5c5ccc(c3c54)-c3cc4c(cc32)-c2cc3c(cc2C4(C)C)C(C)(C)CCC3(C)C)C(C)(C)c2ccccc2-6)cc1. The number of thiazole rings is 1. The molecule has 0 spiro atoms. The van der Waals surface area contributed by atoms with Crippen LogP contribution < -0.4 is 15.7 Å². The molecule has 5 heteroatoms. The third kappa shape index (κ3) is 5.45. The molecular formula is C67H60BN3S. The van der Waals surface area contributed by atoms with Crippen LogP contribution in [0.3, 0.4) is 0 Å². The van der Waals surface area contributed by atoms with Gasteiger partial charge in [-0.2, -0.15) is 0 Å². The molecule has 0 N–H and O–H groups in total. The maximum absolute atomic E-state index is 5.46. The third-order valence-corrected chi connectivity index (χ3v) is 19.7. The molecule has 3 aliphatic carbocycles. The van der Waals surface area contributed by atoms with E-state index in [4.69, 9.17) is 4.98 Å². The fourth-order valence-electron chi connectivity index (χ4n) is 14.4. The van der Waals surface area contributed by atoms with Gasteiger partial charge < -0.3 is 9.38 Å². The van der Waals surface area contributed by atoms with Gasteiger partial charge in [-0.15, -0.1) is 11.3 Å². The van der Waals surface area contributed by atoms with Crippen LogP contribution in [0.15, 0.2) is 140 Å². The average Bonchev–Trinajstić information content (AvgIpc) is 4.06. The molecule has 0 saturated heterocycles. The minimum atomic E-state index is -0.179. The minimum absolute atomic E-state index is 0.0229. The summed E-state index contributed by atoms with van der Waals surface area (Å²) in [7, 11) is 0. The molecule has 0 saturated carbocycles. The van der Waals surface area contributed by atoms with E-state index < -0.39 is 0 Å². The number of hydrogen-bond acceptors (Lipinski definition) is 3. The Balaban J connectivity index is 1.07. The van der Waals surface area contributed by atoms with Crippen LogP contribution in [0.5, 0.6) is 0 Å². The highest BCUT2D eigenvalue weighted by molar-refractivity contribution is 7.21. The van der Waals surface area contributed by atoms with Gasteiger partial charge in [0.05, 0.1) is 21.3 Å². The van der Waals surface area contributed by atoms with E-state index in [2.05, 4.69) is 225 Å². The summed E-state index contributed by atoms with van der Waals surface area (Å²) in [6.45, 7) is 26.5. The molecule has 0 fully saturated rings. The van der Waals surface area contributed by atoms with Gasteiger partial charge in [0.1, 0.15) is 5.01 Å². The lowest BCUT2D eigenvalue weighted by atomic mass is 9.44. The zero-order valence-corrected chi connectivity index (χ0v) is 44.3. The van der Waals surface area contributed by atoms with Crippen molar-refractivity contribution in [2.45, 2.75) is 116 Å². The normalized spacial score (nSPS) is 17.7. The monoisotopic (exact) mass is 949 g/mol. The first-order chi connectivity index (χ1) is 34.3. The van der Waals surface area contributed by atoms with Crippen LogP contribution >= 0.6 is 11.3 Å². The number of nitrogens with zero attached hydrogens (tertiary/aromatic N) is 3. The smallest absolute Gasteiger partial charge is 0.333 e. The van der Waals surface area contributed by atoms with Crippen molar-refractivity contribution in [1.82, 2.24) is 9.55 Å². The summed E-state index contributed by atoms with van der Waals surface area (Å²) in [5.74, 6) is 0. The predicted octanol–water partition coefficient (Wildman–Crippen LogP) is 16.6. The van der Waals surface area contributed by atoms with Crippen LogP contribution in [0.1, 0.15) is 128 Å². The second kappa shape index (κ2) is 13.7. The zero-order valence-electron chi connectivity index (χ0n) is 43.5. The topological polar surface area (TPSA) is 21.1 Å². The van der Waals surface area contributed by atoms with Gasteiger partial charge in [0.15, 0.2) is 0 Å². The molecule has 2 aliphatic heterocycles. The van der Waals surface area contributed by atoms with E-state index >= 15 is 0 Å². The lowest BCUT2D eigenvalue weighted by Gasteiger charge is -2.42. The molecule has 0 amide bonds. The van der Waals surface area contributed by atoms with Gasteiger partial charge in [-0.25, -0.2) is 4.98 Å². The summed E-state index contributed by atoms with van der Waals surface area (Å²) in [6, 6.07) is 54.9. The Labute approximate surface area is 428 Å². The van der Waals surface area contributed by atoms with Gasteiger partial charge >= 0.3 is 6.85 Å². The lowest BCUT2D eigenvalue weighted by molar-refractivity contribution is 0.331. The number of fused-ring (bicyclic) bond motifs is 16. The molecule has 72 heavy (non-hydrogen) atoms. The zero-order chi connectivity index (χ0) is 49.3. The molecule has 5 aliphatic rings. The van der Waals surface area contributed by atoms with E-state index in [1.165, 1.54) is 140 Å². The number of benzene rings is 8. The lowest BCUT2D eigenvalue weighted by Crippen LogP contribution is -2.60. The van der Waals surface area contributed by atoms with Crippen LogP contribution in [0, 0.1) is 0 Å². The molecule has 0 radical (unpaired) electrons. The Morgan fingerprint density at radius 1 is 0.528 bits per heavy atom. The van der Waals surface area contributed by atoms with Gasteiger partial charge in [0.2, 0.25) is 0 Å². The molecule has 0 bridgehead atoms. The fourth-order valence-corrected chi connectivity index (χ4v) is 15.4. The average molecular weight is 950 g/mol. The quantitative estimate of drug-likeness (QED) is 0.161. The summed E-state index contributed by atoms with van der Waals surface area (Å²) in [6.07, 6.45) is 2.40. The number of aromatic nitrogens is 2. The minimum Gasteiger partial charge on any atom is -0.376 e. The standard InChI is InChI=1S/C67H60BN3S/c1-63(2,3)38-21-23-39(24-22-38)71-57-33-45-43-29-52-53(65(6,7)28-27-64(52,4)5)34-51(43)67(10,11)50(45)30-46(57)41-25-26-42-47-31-49-44(40-19-15-16-20-48(40)66(49,8)9)32-56(47)70-58-36-59-55(35-54(58)68(71)60(41)61(42)70)69-62(72-59)37-17-13-12-14-18-37/h12-26,29-36H,27-28H2,1-11H3. The van der Waals surface area contributed by atoms with Gasteiger partial charge in [-0.05, 0) is 161 Å². The van der Waals surface area contributed by atoms with E-state index in [1.54, 1.807) is 11.3 Å². The van der Waals surface area contributed by atoms with Crippen LogP contribution in [0.4, 0.5) is 11.4 Å². The Morgan fingerprint density at radius 2 is 1.17 bits per heavy atom. The molecule has 15 rings (SSSR count). The van der Waals surface area contributed by atoms with Crippen LogP contribution in [0.2, 0.25) is 0 Å². The van der Waals surface area contributed by atoms with Crippen molar-refractivity contribution in [2.75, 3.05) is 4.81 Å². The largest absolute Gasteiger partial charge is 0.376 e. The van der Waals surface area contributed by atoms with Crippen molar-refractivity contribution in [3.63, 3.8) is 0 Å². The number of anilines is 2. The van der Waals surface area contributed by atoms with Crippen molar-refractivity contribution >= 4 is 72.5 Å². The Kier molecular flexibility index (Phi) is 8.16. The summed E-state index contributed by atoms with van der Waals surface area (Å²) < 4.78 is 3.87. The Hall–Kier alpha value is -6.69. The third-order valence-electron chi connectivity index (χ3n) is 18.6. The van der Waals surface area contributed by atoms with E-state index in [9.17, 15) is 0 Å². The van der Waals surface area contributed by atoms with Crippen molar-refractivity contribution in [1.29, 1.82) is 0 Å². The van der Waals surface area contributed by atoms with Crippen molar-refractivity contribution in [2.24, 2.45) is 0 Å². The van der Waals surface area contributed by atoms with Crippen molar-refractivity contribution in [3.05, 3.63) is 178 Å². The molecule has 8 aromatic carbocycles. The van der Waals surface area contributed by atoms with Crippen molar-refractivity contribution < 1.29 is 0 Å². The summed E-state index contributed by atoms with van der Waals surface area (Å²) in [5.41, 5.74) is 29.4. The number of rotatable bonds is 2. The first kappa shape index (κ1) is 42.9. The second-order valence-corrected chi connectivity index (χ2v) is 26.5. The molecular weight excluding hydrogens is 890 g/mol. The van der Waals surface area contributed by atoms with Gasteiger partial charge in [0, 0.05) is 49.8 Å². The van der Waals surface area contributed by atoms with Crippen molar-refractivity contribution in [3.8, 4) is 49.6 Å². The highest BCUT2D eigenvalue weighted by Crippen LogP contribution is 2.58. The molecule has 10 aromatic rings. The second-order valence-electron chi connectivity index (χ2n) is 25.4. The van der Waals surface area contributed by atoms with Crippen LogP contribution in [-0.2, 0) is 27.1 Å². The first-order valence-corrected chi connectivity index (χ1v) is 27.2. The van der Waals surface area contributed by atoms with E-state index in [0.717, 1.165) is 16.1 Å². The molecule has 0 atom stereocenters. The fraction of sp³-hybridized carbons (Fsp3) is 0.269. The highest BCUT2D eigenvalue weighted by atomic mass is 32.1. The van der Waals surface area contributed by atoms with E-state index in [1.807, 2.05) is 0 Å². The highest BCUT2D eigenvalue weighted by Gasteiger charge is 2.48. The summed E-state index contributed by atoms with van der Waals surface area (Å²) >= 11 is 1.81. The maximum atomic E-state index is 5.46. The van der Waals surface area contributed by atoms with E-state index in [-0.39, 0.29) is 33.9 Å².